The van der Waals surface area contributed by atoms with Crippen LogP contribution in [0, 0.1) is 0 Å². The van der Waals surface area contributed by atoms with Gasteiger partial charge in [0.25, 0.3) is 0 Å². The van der Waals surface area contributed by atoms with Gasteiger partial charge in [0.2, 0.25) is 5.95 Å². The lowest BCUT2D eigenvalue weighted by Crippen LogP contribution is -1.99. The molecule has 0 saturated heterocycles. The van der Waals surface area contributed by atoms with Gasteiger partial charge >= 0.3 is 0 Å². The number of rotatable bonds is 4. The Bertz CT molecular complexity index is 1020. The molecule has 1 heterocycles. The van der Waals surface area contributed by atoms with Crippen LogP contribution in [0.15, 0.2) is 83.9 Å². The number of hydrogen-bond donors (Lipinski definition) is 0. The van der Waals surface area contributed by atoms with Gasteiger partial charge in [-0.15, -0.1) is 0 Å². The van der Waals surface area contributed by atoms with E-state index >= 15 is 0 Å². The van der Waals surface area contributed by atoms with Crippen LogP contribution in [0.2, 0.25) is 5.02 Å². The number of imidazole rings is 1. The fraction of sp³-hybridized carbons (Fsp3) is 0.0476. The number of fused-ring (bicyclic) bond motifs is 1. The number of benzene rings is 3. The summed E-state index contributed by atoms with van der Waals surface area (Å²) in [6, 6.07) is 26.0. The third-order valence-electron chi connectivity index (χ3n) is 4.02. The molecule has 0 fully saturated rings. The van der Waals surface area contributed by atoms with Gasteiger partial charge in [0.1, 0.15) is 0 Å². The largest absolute Gasteiger partial charge is 0.304 e. The van der Waals surface area contributed by atoms with E-state index in [4.69, 9.17) is 11.6 Å². The number of nitrogens with zero attached hydrogens (tertiary/aromatic N) is 3. The number of hydrogen-bond acceptors (Lipinski definition) is 2. The van der Waals surface area contributed by atoms with Gasteiger partial charge in [-0.3, -0.25) is 0 Å². The molecule has 0 bridgehead atoms. The lowest BCUT2D eigenvalue weighted by atomic mass is 10.2. The molecule has 25 heavy (non-hydrogen) atoms. The Hall–Kier alpha value is -2.91. The van der Waals surface area contributed by atoms with Gasteiger partial charge in [-0.2, -0.15) is 0 Å². The summed E-state index contributed by atoms with van der Waals surface area (Å²) in [6.07, 6.45) is 1.82. The van der Waals surface area contributed by atoms with Crippen LogP contribution in [0.1, 0.15) is 11.1 Å². The maximum Gasteiger partial charge on any atom is 0.230 e. The average Bonchev–Trinajstić information content (AvgIpc) is 3.00. The van der Waals surface area contributed by atoms with Crippen LogP contribution in [0.4, 0.5) is 5.95 Å². The third-order valence-corrected chi connectivity index (χ3v) is 4.27. The van der Waals surface area contributed by atoms with E-state index in [9.17, 15) is 0 Å². The van der Waals surface area contributed by atoms with E-state index in [1.165, 1.54) is 5.56 Å². The smallest absolute Gasteiger partial charge is 0.230 e. The van der Waals surface area contributed by atoms with Crippen molar-refractivity contribution in [3.63, 3.8) is 0 Å². The zero-order valence-electron chi connectivity index (χ0n) is 13.5. The van der Waals surface area contributed by atoms with Crippen LogP contribution < -0.4 is 0 Å². The monoisotopic (exact) mass is 345 g/mol. The summed E-state index contributed by atoms with van der Waals surface area (Å²) in [5.74, 6) is 0.694. The van der Waals surface area contributed by atoms with E-state index < -0.39 is 0 Å². The first-order valence-electron chi connectivity index (χ1n) is 8.08. The Morgan fingerprint density at radius 2 is 1.60 bits per heavy atom. The minimum absolute atomic E-state index is 0.694. The van der Waals surface area contributed by atoms with Crippen molar-refractivity contribution in [2.45, 2.75) is 6.54 Å². The van der Waals surface area contributed by atoms with Gasteiger partial charge in [0.05, 0.1) is 17.6 Å². The van der Waals surface area contributed by atoms with Crippen LogP contribution in [0.5, 0.6) is 0 Å². The summed E-state index contributed by atoms with van der Waals surface area (Å²) in [6.45, 7) is 0.731. The average molecular weight is 346 g/mol. The second-order valence-electron chi connectivity index (χ2n) is 5.78. The van der Waals surface area contributed by atoms with Crippen LogP contribution in [0.3, 0.4) is 0 Å². The molecule has 0 saturated carbocycles. The third kappa shape index (κ3) is 3.47. The van der Waals surface area contributed by atoms with E-state index in [0.29, 0.717) is 11.0 Å². The molecule has 0 amide bonds. The van der Waals surface area contributed by atoms with Crippen molar-refractivity contribution >= 4 is 34.8 Å². The molecule has 0 aliphatic rings. The SMILES string of the molecule is Clc1ccc(C=Nc2nc3ccccc3n2Cc2ccccc2)cc1. The maximum absolute atomic E-state index is 5.94. The summed E-state index contributed by atoms with van der Waals surface area (Å²) in [7, 11) is 0. The van der Waals surface area contributed by atoms with Gasteiger partial charge in [0.15, 0.2) is 0 Å². The standard InChI is InChI=1S/C21H16ClN3/c22-18-12-10-16(11-13-18)14-23-21-24-19-8-4-5-9-20(19)25(21)15-17-6-2-1-3-7-17/h1-14H,15H2. The van der Waals surface area contributed by atoms with Crippen LogP contribution in [0.25, 0.3) is 11.0 Å². The predicted octanol–water partition coefficient (Wildman–Crippen LogP) is 5.49. The Morgan fingerprint density at radius 3 is 2.40 bits per heavy atom. The summed E-state index contributed by atoms with van der Waals surface area (Å²) < 4.78 is 2.14. The summed E-state index contributed by atoms with van der Waals surface area (Å²) >= 11 is 5.94. The highest BCUT2D eigenvalue weighted by Crippen LogP contribution is 2.23. The van der Waals surface area contributed by atoms with Gasteiger partial charge in [-0.1, -0.05) is 66.2 Å². The van der Waals surface area contributed by atoms with E-state index in [1.54, 1.807) is 0 Å². The molecule has 122 valence electrons. The Labute approximate surface area is 151 Å². The second-order valence-corrected chi connectivity index (χ2v) is 6.22. The molecule has 4 aromatic rings. The highest BCUT2D eigenvalue weighted by molar-refractivity contribution is 6.30. The van der Waals surface area contributed by atoms with Gasteiger partial charge in [0, 0.05) is 11.2 Å². The lowest BCUT2D eigenvalue weighted by molar-refractivity contribution is 0.827. The van der Waals surface area contributed by atoms with Gasteiger partial charge in [-0.05, 0) is 35.4 Å². The van der Waals surface area contributed by atoms with Crippen molar-refractivity contribution in [2.24, 2.45) is 4.99 Å². The quantitative estimate of drug-likeness (QED) is 0.450. The van der Waals surface area contributed by atoms with Crippen molar-refractivity contribution in [2.75, 3.05) is 0 Å². The number of para-hydroxylation sites is 2. The molecular formula is C21H16ClN3. The first-order valence-corrected chi connectivity index (χ1v) is 8.46. The minimum atomic E-state index is 0.694. The van der Waals surface area contributed by atoms with E-state index in [1.807, 2.05) is 66.9 Å². The molecule has 0 aliphatic heterocycles. The molecule has 4 heteroatoms. The fourth-order valence-corrected chi connectivity index (χ4v) is 2.89. The molecule has 3 nitrogen and oxygen atoms in total. The Kier molecular flexibility index (Phi) is 4.32. The predicted molar refractivity (Wildman–Crippen MR) is 104 cm³/mol. The van der Waals surface area contributed by atoms with Gasteiger partial charge in [-0.25, -0.2) is 9.98 Å². The number of halogens is 1. The van der Waals surface area contributed by atoms with Crippen molar-refractivity contribution in [3.05, 3.63) is 95.0 Å². The molecule has 0 radical (unpaired) electrons. The summed E-state index contributed by atoms with van der Waals surface area (Å²) in [4.78, 5) is 9.30. The van der Waals surface area contributed by atoms with Crippen molar-refractivity contribution in [1.29, 1.82) is 0 Å². The first-order chi connectivity index (χ1) is 12.3. The van der Waals surface area contributed by atoms with E-state index in [2.05, 4.69) is 32.7 Å². The zero-order valence-corrected chi connectivity index (χ0v) is 14.3. The summed E-state index contributed by atoms with van der Waals surface area (Å²) in [5, 5.41) is 0.716. The molecule has 3 aromatic carbocycles. The first kappa shape index (κ1) is 15.6. The highest BCUT2D eigenvalue weighted by Gasteiger charge is 2.09. The fourth-order valence-electron chi connectivity index (χ4n) is 2.76. The summed E-state index contributed by atoms with van der Waals surface area (Å²) in [5.41, 5.74) is 4.23. The normalized spacial score (nSPS) is 11.4. The molecule has 0 spiro atoms. The molecule has 0 unspecified atom stereocenters. The Morgan fingerprint density at radius 1 is 0.880 bits per heavy atom. The van der Waals surface area contributed by atoms with E-state index in [-0.39, 0.29) is 0 Å². The minimum Gasteiger partial charge on any atom is -0.304 e. The van der Waals surface area contributed by atoms with Crippen molar-refractivity contribution in [1.82, 2.24) is 9.55 Å². The molecule has 0 atom stereocenters. The Balaban J connectivity index is 1.74. The van der Waals surface area contributed by atoms with Crippen LogP contribution >= 0.6 is 11.6 Å². The van der Waals surface area contributed by atoms with E-state index in [0.717, 1.165) is 23.1 Å². The molecule has 1 aromatic heterocycles. The van der Waals surface area contributed by atoms with Gasteiger partial charge < -0.3 is 4.57 Å². The molecular weight excluding hydrogens is 330 g/mol. The molecule has 4 rings (SSSR count). The molecule has 0 aliphatic carbocycles. The lowest BCUT2D eigenvalue weighted by Gasteiger charge is -2.06. The van der Waals surface area contributed by atoms with Crippen LogP contribution in [-0.2, 0) is 6.54 Å². The number of aromatic nitrogens is 2. The highest BCUT2D eigenvalue weighted by atomic mass is 35.5. The maximum atomic E-state index is 5.94. The topological polar surface area (TPSA) is 30.2 Å². The number of aliphatic imine (C=N–C) groups is 1. The van der Waals surface area contributed by atoms with Crippen LogP contribution in [-0.4, -0.2) is 15.8 Å². The molecule has 0 N–H and O–H groups in total. The second kappa shape index (κ2) is 6.91. The zero-order chi connectivity index (χ0) is 17.1. The van der Waals surface area contributed by atoms with Crippen molar-refractivity contribution < 1.29 is 0 Å². The van der Waals surface area contributed by atoms with Crippen molar-refractivity contribution in [3.8, 4) is 0 Å².